The molecule has 4 rings (SSSR count). The Bertz CT molecular complexity index is 986. The van der Waals surface area contributed by atoms with Gasteiger partial charge in [-0.15, -0.1) is 0 Å². The fraction of sp³-hybridized carbons (Fsp3) is 0.143. The number of nitrogens with one attached hydrogen (secondary N) is 3. The monoisotopic (exact) mass is 407 g/mol. The molecule has 156 valence electrons. The van der Waals surface area contributed by atoms with Gasteiger partial charge in [0.25, 0.3) is 0 Å². The van der Waals surface area contributed by atoms with Gasteiger partial charge in [0, 0.05) is 37.6 Å². The molecule has 0 spiro atoms. The van der Waals surface area contributed by atoms with Crippen molar-refractivity contribution in [2.45, 2.75) is 26.2 Å². The highest BCUT2D eigenvalue weighted by Gasteiger charge is 2.03. The summed E-state index contributed by atoms with van der Waals surface area (Å²) in [4.78, 5) is 0. The maximum absolute atomic E-state index is 3.58. The van der Waals surface area contributed by atoms with Crippen molar-refractivity contribution in [2.24, 2.45) is 0 Å². The zero-order valence-corrected chi connectivity index (χ0v) is 17.7. The first-order valence-corrected chi connectivity index (χ1v) is 10.8. The first-order valence-electron chi connectivity index (χ1n) is 10.8. The minimum Gasteiger partial charge on any atom is -0.381 e. The maximum Gasteiger partial charge on any atom is 0.0400 e. The van der Waals surface area contributed by atoms with E-state index in [2.05, 4.69) is 113 Å². The van der Waals surface area contributed by atoms with Crippen molar-refractivity contribution >= 4 is 11.4 Å². The Hall–Kier alpha value is -3.56. The van der Waals surface area contributed by atoms with E-state index in [1.165, 1.54) is 22.3 Å². The van der Waals surface area contributed by atoms with E-state index >= 15 is 0 Å². The molecular weight excluding hydrogens is 378 g/mol. The Labute approximate surface area is 185 Å². The average molecular weight is 408 g/mol. The lowest BCUT2D eigenvalue weighted by atomic mass is 10.1. The topological polar surface area (TPSA) is 36.1 Å². The van der Waals surface area contributed by atoms with Crippen LogP contribution in [0.15, 0.2) is 109 Å². The second-order valence-electron chi connectivity index (χ2n) is 7.69. The zero-order valence-electron chi connectivity index (χ0n) is 17.7. The highest BCUT2D eigenvalue weighted by atomic mass is 14.9. The number of hydrogen-bond acceptors (Lipinski definition) is 3. The van der Waals surface area contributed by atoms with Crippen molar-refractivity contribution in [2.75, 3.05) is 10.6 Å². The maximum atomic E-state index is 3.58. The van der Waals surface area contributed by atoms with Crippen molar-refractivity contribution in [3.05, 3.63) is 131 Å². The average Bonchev–Trinajstić information content (AvgIpc) is 2.83. The second-order valence-corrected chi connectivity index (χ2v) is 7.69. The molecule has 0 bridgehead atoms. The highest BCUT2D eigenvalue weighted by molar-refractivity contribution is 5.59. The van der Waals surface area contributed by atoms with Crippen LogP contribution in [0.2, 0.25) is 0 Å². The number of anilines is 2. The summed E-state index contributed by atoms with van der Waals surface area (Å²) in [7, 11) is 0. The van der Waals surface area contributed by atoms with Gasteiger partial charge in [0.15, 0.2) is 0 Å². The Morgan fingerprint density at radius 1 is 0.387 bits per heavy atom. The number of rotatable bonds is 10. The molecule has 0 saturated carbocycles. The van der Waals surface area contributed by atoms with Crippen LogP contribution in [0.3, 0.4) is 0 Å². The lowest BCUT2D eigenvalue weighted by molar-refractivity contribution is 0.693. The summed E-state index contributed by atoms with van der Waals surface area (Å²) in [5.41, 5.74) is 7.34. The van der Waals surface area contributed by atoms with Gasteiger partial charge in [0.05, 0.1) is 0 Å². The van der Waals surface area contributed by atoms with Crippen LogP contribution in [0.5, 0.6) is 0 Å². The van der Waals surface area contributed by atoms with Crippen molar-refractivity contribution < 1.29 is 0 Å². The summed E-state index contributed by atoms with van der Waals surface area (Å²) >= 11 is 0. The summed E-state index contributed by atoms with van der Waals surface area (Å²) in [6, 6.07) is 38.2. The Morgan fingerprint density at radius 3 is 1.23 bits per heavy atom. The highest BCUT2D eigenvalue weighted by Crippen LogP contribution is 2.21. The van der Waals surface area contributed by atoms with Gasteiger partial charge in [-0.1, -0.05) is 91.0 Å². The molecule has 0 amide bonds. The molecule has 0 radical (unpaired) electrons. The van der Waals surface area contributed by atoms with Crippen LogP contribution in [0.1, 0.15) is 22.3 Å². The van der Waals surface area contributed by atoms with Crippen LogP contribution in [0.4, 0.5) is 11.4 Å². The van der Waals surface area contributed by atoms with Gasteiger partial charge in [0.2, 0.25) is 0 Å². The van der Waals surface area contributed by atoms with Crippen LogP contribution in [-0.2, 0) is 26.2 Å². The van der Waals surface area contributed by atoms with E-state index in [0.717, 1.165) is 37.6 Å². The zero-order chi connectivity index (χ0) is 21.1. The SMILES string of the molecule is c1ccc(CNCc2cc(NCc3ccccc3)cc(NCc3ccccc3)c2)cc1. The fourth-order valence-electron chi connectivity index (χ4n) is 3.55. The van der Waals surface area contributed by atoms with Gasteiger partial charge in [0.1, 0.15) is 0 Å². The lowest BCUT2D eigenvalue weighted by Crippen LogP contribution is -2.13. The second kappa shape index (κ2) is 11.0. The van der Waals surface area contributed by atoms with Crippen LogP contribution in [0.25, 0.3) is 0 Å². The first-order chi connectivity index (χ1) is 15.3. The minimum atomic E-state index is 0.805. The standard InChI is InChI=1S/C28H29N3/c1-4-10-23(11-5-1)19-29-20-26-16-27(30-21-24-12-6-2-7-13-24)18-28(17-26)31-22-25-14-8-3-9-15-25/h1-18,29-31H,19-22H2. The van der Waals surface area contributed by atoms with Crippen LogP contribution in [-0.4, -0.2) is 0 Å². The molecule has 3 heteroatoms. The van der Waals surface area contributed by atoms with E-state index in [1.807, 2.05) is 12.1 Å². The summed E-state index contributed by atoms with van der Waals surface area (Å²) in [6.07, 6.45) is 0. The van der Waals surface area contributed by atoms with Gasteiger partial charge in [-0.3, -0.25) is 0 Å². The van der Waals surface area contributed by atoms with Gasteiger partial charge >= 0.3 is 0 Å². The molecule has 4 aromatic carbocycles. The Balaban J connectivity index is 1.43. The molecule has 4 aromatic rings. The van der Waals surface area contributed by atoms with E-state index in [9.17, 15) is 0 Å². The molecule has 3 nitrogen and oxygen atoms in total. The minimum absolute atomic E-state index is 0.805. The van der Waals surface area contributed by atoms with Gasteiger partial charge < -0.3 is 16.0 Å². The van der Waals surface area contributed by atoms with Gasteiger partial charge in [-0.25, -0.2) is 0 Å². The summed E-state index contributed by atoms with van der Waals surface area (Å²) in [5, 5.41) is 10.7. The summed E-state index contributed by atoms with van der Waals surface area (Å²) < 4.78 is 0. The van der Waals surface area contributed by atoms with Crippen LogP contribution in [0, 0.1) is 0 Å². The smallest absolute Gasteiger partial charge is 0.0400 e. The molecule has 0 aromatic heterocycles. The van der Waals surface area contributed by atoms with Gasteiger partial charge in [-0.05, 0) is 40.5 Å². The molecule has 0 aliphatic carbocycles. The number of hydrogen-bond donors (Lipinski definition) is 3. The Morgan fingerprint density at radius 2 is 0.774 bits per heavy atom. The Kier molecular flexibility index (Phi) is 7.35. The summed E-state index contributed by atoms with van der Waals surface area (Å²) in [5.74, 6) is 0. The molecule has 31 heavy (non-hydrogen) atoms. The molecule has 0 unspecified atom stereocenters. The third kappa shape index (κ3) is 6.73. The molecule has 0 saturated heterocycles. The number of benzene rings is 4. The van der Waals surface area contributed by atoms with E-state index < -0.39 is 0 Å². The van der Waals surface area contributed by atoms with E-state index in [1.54, 1.807) is 0 Å². The largest absolute Gasteiger partial charge is 0.381 e. The van der Waals surface area contributed by atoms with Crippen molar-refractivity contribution in [3.63, 3.8) is 0 Å². The third-order valence-electron chi connectivity index (χ3n) is 5.17. The third-order valence-corrected chi connectivity index (χ3v) is 5.17. The quantitative estimate of drug-likeness (QED) is 0.293. The fourth-order valence-corrected chi connectivity index (χ4v) is 3.55. The predicted molar refractivity (Wildman–Crippen MR) is 131 cm³/mol. The van der Waals surface area contributed by atoms with E-state index in [0.29, 0.717) is 0 Å². The molecule has 0 aliphatic heterocycles. The van der Waals surface area contributed by atoms with Crippen molar-refractivity contribution in [1.29, 1.82) is 0 Å². The van der Waals surface area contributed by atoms with Gasteiger partial charge in [-0.2, -0.15) is 0 Å². The normalized spacial score (nSPS) is 10.6. The van der Waals surface area contributed by atoms with E-state index in [-0.39, 0.29) is 0 Å². The molecule has 0 aliphatic rings. The molecule has 3 N–H and O–H groups in total. The van der Waals surface area contributed by atoms with Crippen LogP contribution < -0.4 is 16.0 Å². The first kappa shape index (κ1) is 20.7. The lowest BCUT2D eigenvalue weighted by Gasteiger charge is -2.14. The molecule has 0 heterocycles. The predicted octanol–water partition coefficient (Wildman–Crippen LogP) is 6.20. The molecule has 0 atom stereocenters. The molecular formula is C28H29N3. The van der Waals surface area contributed by atoms with E-state index in [4.69, 9.17) is 0 Å². The van der Waals surface area contributed by atoms with Crippen LogP contribution >= 0.6 is 0 Å². The van der Waals surface area contributed by atoms with Crippen molar-refractivity contribution in [1.82, 2.24) is 5.32 Å². The molecule has 0 fully saturated rings. The summed E-state index contributed by atoms with van der Waals surface area (Å²) in [6.45, 7) is 3.28. The van der Waals surface area contributed by atoms with Crippen molar-refractivity contribution in [3.8, 4) is 0 Å².